The summed E-state index contributed by atoms with van der Waals surface area (Å²) in [6.07, 6.45) is 2.53. The third-order valence-corrected chi connectivity index (χ3v) is 3.13. The molecule has 12 heavy (non-hydrogen) atoms. The van der Waals surface area contributed by atoms with E-state index in [0.29, 0.717) is 0 Å². The predicted octanol–water partition coefficient (Wildman–Crippen LogP) is 2.22. The summed E-state index contributed by atoms with van der Waals surface area (Å²) in [6.45, 7) is 2.24. The first kappa shape index (κ1) is 7.63. The lowest BCUT2D eigenvalue weighted by Crippen LogP contribution is -2.16. The fourth-order valence-electron chi connectivity index (χ4n) is 1.55. The number of hydrogen-bond donors (Lipinski definition) is 0. The monoisotopic (exact) mass is 178 g/mol. The molecule has 0 aromatic carbocycles. The van der Waals surface area contributed by atoms with E-state index in [4.69, 9.17) is 5.26 Å². The van der Waals surface area contributed by atoms with Crippen LogP contribution in [0.4, 0.5) is 5.00 Å². The Hall–Kier alpha value is -1.01. The SMILES string of the molecule is N#Cc1ccsc1N1CCCC1. The minimum Gasteiger partial charge on any atom is -0.362 e. The summed E-state index contributed by atoms with van der Waals surface area (Å²) in [5.74, 6) is 0. The molecule has 0 spiro atoms. The molecule has 0 N–H and O–H groups in total. The summed E-state index contributed by atoms with van der Waals surface area (Å²) in [5, 5.41) is 12.0. The van der Waals surface area contributed by atoms with Crippen LogP contribution in [0.1, 0.15) is 18.4 Å². The molecule has 1 aliphatic heterocycles. The fourth-order valence-corrected chi connectivity index (χ4v) is 2.46. The van der Waals surface area contributed by atoms with Crippen molar-refractivity contribution in [2.75, 3.05) is 18.0 Å². The highest BCUT2D eigenvalue weighted by Gasteiger charge is 2.16. The van der Waals surface area contributed by atoms with Gasteiger partial charge in [-0.1, -0.05) is 0 Å². The molecule has 3 heteroatoms. The van der Waals surface area contributed by atoms with Crippen LogP contribution < -0.4 is 4.90 Å². The maximum Gasteiger partial charge on any atom is 0.109 e. The Kier molecular flexibility index (Phi) is 2.01. The first-order valence-electron chi connectivity index (χ1n) is 4.14. The molecule has 1 aliphatic rings. The van der Waals surface area contributed by atoms with Gasteiger partial charge in [-0.3, -0.25) is 0 Å². The van der Waals surface area contributed by atoms with Crippen molar-refractivity contribution in [1.82, 2.24) is 0 Å². The Morgan fingerprint density at radius 3 is 2.83 bits per heavy atom. The average molecular weight is 178 g/mol. The zero-order valence-corrected chi connectivity index (χ0v) is 7.60. The van der Waals surface area contributed by atoms with Gasteiger partial charge >= 0.3 is 0 Å². The molecule has 0 unspecified atom stereocenters. The van der Waals surface area contributed by atoms with Gasteiger partial charge in [0.2, 0.25) is 0 Å². The van der Waals surface area contributed by atoms with Crippen molar-refractivity contribution in [3.63, 3.8) is 0 Å². The lowest BCUT2D eigenvalue weighted by molar-refractivity contribution is 0.949. The Labute approximate surface area is 76.0 Å². The summed E-state index contributed by atoms with van der Waals surface area (Å²) >= 11 is 1.67. The minimum atomic E-state index is 0.835. The molecule has 0 radical (unpaired) electrons. The van der Waals surface area contributed by atoms with Crippen molar-refractivity contribution in [2.24, 2.45) is 0 Å². The number of hydrogen-bond acceptors (Lipinski definition) is 3. The van der Waals surface area contributed by atoms with Crippen LogP contribution in [-0.4, -0.2) is 13.1 Å². The van der Waals surface area contributed by atoms with Gasteiger partial charge < -0.3 is 4.90 Å². The molecule has 0 saturated carbocycles. The lowest BCUT2D eigenvalue weighted by atomic mass is 10.3. The van der Waals surface area contributed by atoms with Crippen molar-refractivity contribution in [2.45, 2.75) is 12.8 Å². The quantitative estimate of drug-likeness (QED) is 0.659. The van der Waals surface area contributed by atoms with E-state index in [0.717, 1.165) is 23.7 Å². The van der Waals surface area contributed by atoms with Crippen LogP contribution in [0.25, 0.3) is 0 Å². The maximum atomic E-state index is 8.80. The van der Waals surface area contributed by atoms with Crippen LogP contribution in [0.3, 0.4) is 0 Å². The molecule has 1 aromatic heterocycles. The Morgan fingerprint density at radius 2 is 2.17 bits per heavy atom. The number of rotatable bonds is 1. The largest absolute Gasteiger partial charge is 0.362 e. The lowest BCUT2D eigenvalue weighted by Gasteiger charge is -2.14. The molecule has 2 nitrogen and oxygen atoms in total. The molecule has 62 valence electrons. The topological polar surface area (TPSA) is 27.0 Å². The summed E-state index contributed by atoms with van der Waals surface area (Å²) in [4.78, 5) is 2.31. The van der Waals surface area contributed by atoms with Gasteiger partial charge in [-0.15, -0.1) is 11.3 Å². The highest BCUT2D eigenvalue weighted by molar-refractivity contribution is 7.14. The summed E-state index contributed by atoms with van der Waals surface area (Å²) in [7, 11) is 0. The van der Waals surface area contributed by atoms with E-state index in [2.05, 4.69) is 11.0 Å². The second-order valence-electron chi connectivity index (χ2n) is 2.95. The molecule has 2 rings (SSSR count). The van der Waals surface area contributed by atoms with Crippen LogP contribution in [0.2, 0.25) is 0 Å². The standard InChI is InChI=1S/C9H10N2S/c10-7-8-3-6-12-9(8)11-4-1-2-5-11/h3,6H,1-2,4-5H2. The number of nitriles is 1. The summed E-state index contributed by atoms with van der Waals surface area (Å²) in [5.41, 5.74) is 0.835. The molecular weight excluding hydrogens is 168 g/mol. The zero-order valence-electron chi connectivity index (χ0n) is 6.79. The van der Waals surface area contributed by atoms with Gasteiger partial charge in [-0.25, -0.2) is 0 Å². The van der Waals surface area contributed by atoms with Gasteiger partial charge in [0.15, 0.2) is 0 Å². The van der Waals surface area contributed by atoms with Crippen LogP contribution in [0, 0.1) is 11.3 Å². The van der Waals surface area contributed by atoms with Crippen molar-refractivity contribution < 1.29 is 0 Å². The smallest absolute Gasteiger partial charge is 0.109 e. The van der Waals surface area contributed by atoms with Crippen LogP contribution in [-0.2, 0) is 0 Å². The highest BCUT2D eigenvalue weighted by Crippen LogP contribution is 2.29. The molecule has 0 aliphatic carbocycles. The van der Waals surface area contributed by atoms with E-state index in [9.17, 15) is 0 Å². The molecule has 0 bridgehead atoms. The molecule has 1 aromatic rings. The van der Waals surface area contributed by atoms with Gasteiger partial charge in [-0.2, -0.15) is 5.26 Å². The van der Waals surface area contributed by atoms with Crippen LogP contribution >= 0.6 is 11.3 Å². The molecule has 0 amide bonds. The second kappa shape index (κ2) is 3.16. The highest BCUT2D eigenvalue weighted by atomic mass is 32.1. The first-order chi connectivity index (χ1) is 5.92. The zero-order chi connectivity index (χ0) is 8.39. The van der Waals surface area contributed by atoms with Crippen molar-refractivity contribution in [3.8, 4) is 6.07 Å². The molecule has 2 heterocycles. The molecule has 1 fully saturated rings. The normalized spacial score (nSPS) is 16.4. The van der Waals surface area contributed by atoms with Gasteiger partial charge in [0, 0.05) is 13.1 Å². The van der Waals surface area contributed by atoms with E-state index < -0.39 is 0 Å². The summed E-state index contributed by atoms with van der Waals surface area (Å²) < 4.78 is 0. The van der Waals surface area contributed by atoms with Crippen molar-refractivity contribution in [3.05, 3.63) is 17.0 Å². The van der Waals surface area contributed by atoms with Gasteiger partial charge in [0.1, 0.15) is 11.1 Å². The Morgan fingerprint density at radius 1 is 1.42 bits per heavy atom. The molecule has 0 atom stereocenters. The summed E-state index contributed by atoms with van der Waals surface area (Å²) in [6, 6.07) is 4.12. The van der Waals surface area contributed by atoms with E-state index in [-0.39, 0.29) is 0 Å². The van der Waals surface area contributed by atoms with E-state index in [1.807, 2.05) is 11.4 Å². The van der Waals surface area contributed by atoms with Gasteiger partial charge in [-0.05, 0) is 24.3 Å². The Balaban J connectivity index is 2.27. The fraction of sp³-hybridized carbons (Fsp3) is 0.444. The Bertz CT molecular complexity index is 305. The third kappa shape index (κ3) is 1.19. The van der Waals surface area contributed by atoms with Crippen LogP contribution in [0.5, 0.6) is 0 Å². The average Bonchev–Trinajstić information content (AvgIpc) is 2.74. The number of anilines is 1. The second-order valence-corrected chi connectivity index (χ2v) is 3.84. The molecule has 1 saturated heterocycles. The van der Waals surface area contributed by atoms with E-state index >= 15 is 0 Å². The van der Waals surface area contributed by atoms with E-state index in [1.54, 1.807) is 11.3 Å². The first-order valence-corrected chi connectivity index (χ1v) is 5.02. The van der Waals surface area contributed by atoms with Crippen molar-refractivity contribution in [1.29, 1.82) is 5.26 Å². The van der Waals surface area contributed by atoms with E-state index in [1.165, 1.54) is 12.8 Å². The number of thiophene rings is 1. The van der Waals surface area contributed by atoms with Crippen LogP contribution in [0.15, 0.2) is 11.4 Å². The maximum absolute atomic E-state index is 8.80. The minimum absolute atomic E-state index is 0.835. The molecular formula is C9H10N2S. The predicted molar refractivity (Wildman–Crippen MR) is 50.5 cm³/mol. The van der Waals surface area contributed by atoms with Gasteiger partial charge in [0.05, 0.1) is 5.56 Å². The van der Waals surface area contributed by atoms with Gasteiger partial charge in [0.25, 0.3) is 0 Å². The third-order valence-electron chi connectivity index (χ3n) is 2.16. The number of nitrogens with zero attached hydrogens (tertiary/aromatic N) is 2. The van der Waals surface area contributed by atoms with Crippen molar-refractivity contribution >= 4 is 16.3 Å².